The van der Waals surface area contributed by atoms with Crippen LogP contribution in [0.1, 0.15) is 47.3 Å². The topological polar surface area (TPSA) is 17.1 Å². The van der Waals surface area contributed by atoms with Crippen LogP contribution in [0.3, 0.4) is 0 Å². The van der Waals surface area contributed by atoms with E-state index in [0.717, 1.165) is 16.7 Å². The van der Waals surface area contributed by atoms with Crippen LogP contribution in [0.15, 0.2) is 12.1 Å². The Morgan fingerprint density at radius 3 is 2.00 bits per heavy atom. The smallest absolute Gasteiger partial charge is 0.163 e. The molecule has 0 N–H and O–H groups in total. The molecule has 0 heterocycles. The second-order valence-electron chi connectivity index (χ2n) is 4.79. The molecule has 0 saturated heterocycles. The molecule has 0 bridgehead atoms. The van der Waals surface area contributed by atoms with Gasteiger partial charge in [-0.1, -0.05) is 31.5 Å². The van der Waals surface area contributed by atoms with Gasteiger partial charge in [0.05, 0.1) is 0 Å². The van der Waals surface area contributed by atoms with Crippen LogP contribution in [0.4, 0.5) is 0 Å². The molecule has 0 aliphatic carbocycles. The minimum absolute atomic E-state index is 0.278. The molecule has 0 amide bonds. The third-order valence-electron chi connectivity index (χ3n) is 2.55. The van der Waals surface area contributed by atoms with Gasteiger partial charge in [0.1, 0.15) is 0 Å². The number of carbonyl (C=O) groups is 1. The zero-order valence-corrected chi connectivity index (χ0v) is 10.3. The third-order valence-corrected chi connectivity index (χ3v) is 2.55. The van der Waals surface area contributed by atoms with Gasteiger partial charge in [0.25, 0.3) is 0 Å². The van der Waals surface area contributed by atoms with Gasteiger partial charge in [0, 0.05) is 12.0 Å². The van der Waals surface area contributed by atoms with Gasteiger partial charge in [-0.15, -0.1) is 0 Å². The minimum atomic E-state index is 0.278. The number of benzene rings is 1. The molecule has 1 heteroatoms. The van der Waals surface area contributed by atoms with E-state index in [1.807, 2.05) is 13.8 Å². The van der Waals surface area contributed by atoms with Gasteiger partial charge in [-0.2, -0.15) is 0 Å². The van der Waals surface area contributed by atoms with Gasteiger partial charge in [0.15, 0.2) is 5.78 Å². The molecule has 0 radical (unpaired) electrons. The predicted molar refractivity (Wildman–Crippen MR) is 64.4 cm³/mol. The first-order chi connectivity index (χ1) is 6.91. The Balaban J connectivity index is 3.09. The van der Waals surface area contributed by atoms with Crippen molar-refractivity contribution < 1.29 is 4.79 Å². The average molecular weight is 204 g/mol. The van der Waals surface area contributed by atoms with Crippen LogP contribution in [-0.4, -0.2) is 5.78 Å². The van der Waals surface area contributed by atoms with Crippen LogP contribution in [0.5, 0.6) is 0 Å². The molecule has 1 aromatic carbocycles. The summed E-state index contributed by atoms with van der Waals surface area (Å²) in [4.78, 5) is 12.0. The van der Waals surface area contributed by atoms with Crippen molar-refractivity contribution in [1.29, 1.82) is 0 Å². The summed E-state index contributed by atoms with van der Waals surface area (Å²) in [5.74, 6) is 0.706. The van der Waals surface area contributed by atoms with Crippen LogP contribution in [0.2, 0.25) is 0 Å². The van der Waals surface area contributed by atoms with Gasteiger partial charge in [0.2, 0.25) is 0 Å². The van der Waals surface area contributed by atoms with E-state index < -0.39 is 0 Å². The number of carbonyl (C=O) groups excluding carboxylic acids is 1. The maximum absolute atomic E-state index is 12.0. The first kappa shape index (κ1) is 12.0. The van der Waals surface area contributed by atoms with E-state index in [2.05, 4.69) is 32.9 Å². The first-order valence-corrected chi connectivity index (χ1v) is 5.53. The lowest BCUT2D eigenvalue weighted by Gasteiger charge is -2.11. The molecular formula is C14H20O. The number of aryl methyl sites for hydroxylation is 3. The van der Waals surface area contributed by atoms with E-state index in [-0.39, 0.29) is 5.78 Å². The monoisotopic (exact) mass is 204 g/mol. The second kappa shape index (κ2) is 4.61. The van der Waals surface area contributed by atoms with Crippen molar-refractivity contribution in [2.24, 2.45) is 5.92 Å². The van der Waals surface area contributed by atoms with E-state index in [1.54, 1.807) is 0 Å². The molecule has 0 saturated carbocycles. The normalized spacial score (nSPS) is 10.8. The highest BCUT2D eigenvalue weighted by Gasteiger charge is 2.13. The number of hydrogen-bond donors (Lipinski definition) is 0. The van der Waals surface area contributed by atoms with E-state index >= 15 is 0 Å². The van der Waals surface area contributed by atoms with Crippen LogP contribution < -0.4 is 0 Å². The fourth-order valence-corrected chi connectivity index (χ4v) is 2.09. The maximum Gasteiger partial charge on any atom is 0.163 e. The van der Waals surface area contributed by atoms with Crippen molar-refractivity contribution in [2.45, 2.75) is 41.0 Å². The van der Waals surface area contributed by atoms with Crippen LogP contribution in [-0.2, 0) is 0 Å². The van der Waals surface area contributed by atoms with Gasteiger partial charge < -0.3 is 0 Å². The number of rotatable bonds is 3. The zero-order chi connectivity index (χ0) is 11.6. The summed E-state index contributed by atoms with van der Waals surface area (Å²) in [5, 5.41) is 0. The Bertz CT molecular complexity index is 352. The molecule has 0 aliphatic heterocycles. The summed E-state index contributed by atoms with van der Waals surface area (Å²) in [6.07, 6.45) is 0.644. The second-order valence-corrected chi connectivity index (χ2v) is 4.79. The molecule has 1 aromatic rings. The van der Waals surface area contributed by atoms with Gasteiger partial charge in [-0.05, 0) is 37.8 Å². The number of Topliss-reactive ketones (excluding diaryl/α,β-unsaturated/α-hetero) is 1. The highest BCUT2D eigenvalue weighted by Crippen LogP contribution is 2.19. The SMILES string of the molecule is Cc1cc(C)c(C(=O)CC(C)C)c(C)c1. The van der Waals surface area contributed by atoms with E-state index in [4.69, 9.17) is 0 Å². The molecule has 0 aliphatic rings. The third kappa shape index (κ3) is 2.92. The van der Waals surface area contributed by atoms with Crippen molar-refractivity contribution in [3.63, 3.8) is 0 Å². The maximum atomic E-state index is 12.0. The molecule has 0 spiro atoms. The van der Waals surface area contributed by atoms with Crippen molar-refractivity contribution in [3.05, 3.63) is 34.4 Å². The predicted octanol–water partition coefficient (Wildman–Crippen LogP) is 3.84. The molecule has 0 aromatic heterocycles. The van der Waals surface area contributed by atoms with Crippen molar-refractivity contribution >= 4 is 5.78 Å². The lowest BCUT2D eigenvalue weighted by Crippen LogP contribution is -2.08. The fraction of sp³-hybridized carbons (Fsp3) is 0.500. The Kier molecular flexibility index (Phi) is 3.67. The van der Waals surface area contributed by atoms with Gasteiger partial charge >= 0.3 is 0 Å². The van der Waals surface area contributed by atoms with Crippen molar-refractivity contribution in [2.75, 3.05) is 0 Å². The van der Waals surface area contributed by atoms with Gasteiger partial charge in [-0.25, -0.2) is 0 Å². The summed E-state index contributed by atoms with van der Waals surface area (Å²) in [5.41, 5.74) is 4.37. The van der Waals surface area contributed by atoms with Gasteiger partial charge in [-0.3, -0.25) is 4.79 Å². The van der Waals surface area contributed by atoms with E-state index in [1.165, 1.54) is 5.56 Å². The highest BCUT2D eigenvalue weighted by molar-refractivity contribution is 5.98. The van der Waals surface area contributed by atoms with Crippen molar-refractivity contribution in [3.8, 4) is 0 Å². The largest absolute Gasteiger partial charge is 0.294 e. The molecule has 0 unspecified atom stereocenters. The fourth-order valence-electron chi connectivity index (χ4n) is 2.09. The van der Waals surface area contributed by atoms with E-state index in [0.29, 0.717) is 12.3 Å². The Morgan fingerprint density at radius 1 is 1.13 bits per heavy atom. The molecule has 15 heavy (non-hydrogen) atoms. The van der Waals surface area contributed by atoms with Crippen LogP contribution >= 0.6 is 0 Å². The molecule has 0 fully saturated rings. The lowest BCUT2D eigenvalue weighted by atomic mass is 9.92. The average Bonchev–Trinajstić information content (AvgIpc) is 1.99. The zero-order valence-electron chi connectivity index (χ0n) is 10.3. The Hall–Kier alpha value is -1.11. The minimum Gasteiger partial charge on any atom is -0.294 e. The molecule has 1 rings (SSSR count). The Labute approximate surface area is 92.5 Å². The molecule has 1 nitrogen and oxygen atoms in total. The number of hydrogen-bond acceptors (Lipinski definition) is 1. The van der Waals surface area contributed by atoms with Crippen LogP contribution in [0, 0.1) is 26.7 Å². The quantitative estimate of drug-likeness (QED) is 0.684. The van der Waals surface area contributed by atoms with E-state index in [9.17, 15) is 4.79 Å². The summed E-state index contributed by atoms with van der Waals surface area (Å²) < 4.78 is 0. The summed E-state index contributed by atoms with van der Waals surface area (Å²) in [6, 6.07) is 4.17. The lowest BCUT2D eigenvalue weighted by molar-refractivity contribution is 0.0966. The molecule has 0 atom stereocenters. The number of ketones is 1. The summed E-state index contributed by atoms with van der Waals surface area (Å²) in [6.45, 7) is 10.3. The molecular weight excluding hydrogens is 184 g/mol. The standard InChI is InChI=1S/C14H20O/c1-9(2)6-13(15)14-11(4)7-10(3)8-12(14)5/h7-9H,6H2,1-5H3. The summed E-state index contributed by atoms with van der Waals surface area (Å²) in [7, 11) is 0. The van der Waals surface area contributed by atoms with Crippen molar-refractivity contribution in [1.82, 2.24) is 0 Å². The summed E-state index contributed by atoms with van der Waals surface area (Å²) >= 11 is 0. The highest BCUT2D eigenvalue weighted by atomic mass is 16.1. The first-order valence-electron chi connectivity index (χ1n) is 5.53. The Morgan fingerprint density at radius 2 is 1.60 bits per heavy atom. The van der Waals surface area contributed by atoms with Crippen LogP contribution in [0.25, 0.3) is 0 Å². The molecule has 82 valence electrons.